The summed E-state index contributed by atoms with van der Waals surface area (Å²) in [6.45, 7) is 0. The Morgan fingerprint density at radius 3 is 2.12 bits per heavy atom. The maximum Gasteiger partial charge on any atom is 0.407 e. The number of hydrogen-bond acceptors (Lipinski definition) is 1. The zero-order chi connectivity index (χ0) is 11.8. The first-order valence-electron chi connectivity index (χ1n) is 5.05. The third-order valence-electron chi connectivity index (χ3n) is 2.51. The number of alkyl halides is 3. The molecular weight excluding hydrogens is 222 g/mol. The van der Waals surface area contributed by atoms with Crippen LogP contribution in [0.4, 0.5) is 17.6 Å². The van der Waals surface area contributed by atoms with Gasteiger partial charge in [-0.15, -0.1) is 0 Å². The van der Waals surface area contributed by atoms with Crippen molar-refractivity contribution >= 4 is 0 Å². The van der Waals surface area contributed by atoms with E-state index in [0.29, 0.717) is 0 Å². The summed E-state index contributed by atoms with van der Waals surface area (Å²) in [6, 6.07) is 2.68. The molecule has 1 aromatic rings. The van der Waals surface area contributed by atoms with Crippen molar-refractivity contribution in [1.82, 2.24) is 5.32 Å². The molecule has 16 heavy (non-hydrogen) atoms. The van der Waals surface area contributed by atoms with Crippen LogP contribution in [0.25, 0.3) is 0 Å². The maximum absolute atomic E-state index is 12.7. The van der Waals surface area contributed by atoms with Crippen LogP contribution >= 0.6 is 0 Å². The monoisotopic (exact) mass is 233 g/mol. The molecule has 0 aromatic heterocycles. The van der Waals surface area contributed by atoms with Gasteiger partial charge in [0.2, 0.25) is 0 Å². The molecule has 0 saturated heterocycles. The molecule has 0 aliphatic heterocycles. The van der Waals surface area contributed by atoms with E-state index < -0.39 is 18.0 Å². The molecule has 1 aliphatic carbocycles. The van der Waals surface area contributed by atoms with Gasteiger partial charge in [-0.2, -0.15) is 13.2 Å². The average Bonchev–Trinajstić information content (AvgIpc) is 2.98. The van der Waals surface area contributed by atoms with E-state index in [4.69, 9.17) is 0 Å². The van der Waals surface area contributed by atoms with Gasteiger partial charge in [0.1, 0.15) is 11.9 Å². The molecule has 1 atom stereocenters. The molecule has 1 unspecified atom stereocenters. The van der Waals surface area contributed by atoms with Crippen molar-refractivity contribution in [3.05, 3.63) is 35.6 Å². The molecule has 0 heterocycles. The van der Waals surface area contributed by atoms with Gasteiger partial charge >= 0.3 is 6.18 Å². The Labute approximate surface area is 90.5 Å². The lowest BCUT2D eigenvalue weighted by molar-refractivity contribution is -0.158. The first-order chi connectivity index (χ1) is 7.47. The molecular formula is C11H11F4N. The predicted octanol–water partition coefficient (Wildman–Crippen LogP) is 3.18. The Hall–Kier alpha value is -1.10. The van der Waals surface area contributed by atoms with Crippen LogP contribution < -0.4 is 5.32 Å². The van der Waals surface area contributed by atoms with Crippen molar-refractivity contribution in [2.45, 2.75) is 31.1 Å². The van der Waals surface area contributed by atoms with Crippen molar-refractivity contribution in [2.24, 2.45) is 0 Å². The van der Waals surface area contributed by atoms with Crippen LogP contribution in [0.15, 0.2) is 24.3 Å². The first-order valence-corrected chi connectivity index (χ1v) is 5.05. The number of halogens is 4. The summed E-state index contributed by atoms with van der Waals surface area (Å²) >= 11 is 0. The molecule has 1 aromatic carbocycles. The molecule has 1 fully saturated rings. The second-order valence-electron chi connectivity index (χ2n) is 3.97. The van der Waals surface area contributed by atoms with Gasteiger partial charge in [0.15, 0.2) is 0 Å². The second kappa shape index (κ2) is 4.05. The van der Waals surface area contributed by atoms with Gasteiger partial charge in [-0.25, -0.2) is 4.39 Å². The largest absolute Gasteiger partial charge is 0.407 e. The van der Waals surface area contributed by atoms with Crippen LogP contribution in [-0.2, 0) is 0 Å². The zero-order valence-corrected chi connectivity index (χ0v) is 8.39. The Bertz CT molecular complexity index is 353. The summed E-state index contributed by atoms with van der Waals surface area (Å²) < 4.78 is 50.8. The smallest absolute Gasteiger partial charge is 0.300 e. The van der Waals surface area contributed by atoms with Gasteiger partial charge in [-0.3, -0.25) is 5.32 Å². The highest BCUT2D eigenvalue weighted by Gasteiger charge is 2.43. The molecule has 0 bridgehead atoms. The topological polar surface area (TPSA) is 12.0 Å². The first kappa shape index (κ1) is 11.4. The van der Waals surface area contributed by atoms with Crippen molar-refractivity contribution in [3.63, 3.8) is 0 Å². The minimum absolute atomic E-state index is 0.0563. The second-order valence-corrected chi connectivity index (χ2v) is 3.97. The lowest BCUT2D eigenvalue weighted by atomic mass is 10.1. The summed E-state index contributed by atoms with van der Waals surface area (Å²) in [7, 11) is 0. The molecule has 2 rings (SSSR count). The van der Waals surface area contributed by atoms with Gasteiger partial charge in [-0.05, 0) is 30.5 Å². The lowest BCUT2D eigenvalue weighted by Gasteiger charge is -2.21. The van der Waals surface area contributed by atoms with Crippen LogP contribution in [0.1, 0.15) is 24.4 Å². The maximum atomic E-state index is 12.7. The third-order valence-corrected chi connectivity index (χ3v) is 2.51. The average molecular weight is 233 g/mol. The van der Waals surface area contributed by atoms with Gasteiger partial charge in [-0.1, -0.05) is 12.1 Å². The number of nitrogens with one attached hydrogen (secondary N) is 1. The van der Waals surface area contributed by atoms with E-state index in [9.17, 15) is 17.6 Å². The zero-order valence-electron chi connectivity index (χ0n) is 8.39. The highest BCUT2D eigenvalue weighted by Crippen LogP contribution is 2.35. The van der Waals surface area contributed by atoms with Gasteiger partial charge < -0.3 is 0 Å². The number of rotatable bonds is 3. The summed E-state index contributed by atoms with van der Waals surface area (Å²) in [6.07, 6.45) is -2.80. The lowest BCUT2D eigenvalue weighted by Crippen LogP contribution is -2.35. The van der Waals surface area contributed by atoms with Gasteiger partial charge in [0.25, 0.3) is 0 Å². The van der Waals surface area contributed by atoms with E-state index in [1.54, 1.807) is 0 Å². The van der Waals surface area contributed by atoms with Crippen molar-refractivity contribution < 1.29 is 17.6 Å². The Morgan fingerprint density at radius 2 is 1.69 bits per heavy atom. The minimum atomic E-state index is -4.35. The fourth-order valence-electron chi connectivity index (χ4n) is 1.52. The quantitative estimate of drug-likeness (QED) is 0.790. The van der Waals surface area contributed by atoms with Crippen molar-refractivity contribution in [1.29, 1.82) is 0 Å². The van der Waals surface area contributed by atoms with E-state index in [1.807, 2.05) is 0 Å². The Balaban J connectivity index is 2.19. The number of hydrogen-bond donors (Lipinski definition) is 1. The van der Waals surface area contributed by atoms with Crippen LogP contribution in [0, 0.1) is 5.82 Å². The molecule has 0 radical (unpaired) electrons. The molecule has 0 spiro atoms. The molecule has 1 saturated carbocycles. The summed E-state index contributed by atoms with van der Waals surface area (Å²) in [5.41, 5.74) is 0.0563. The van der Waals surface area contributed by atoms with E-state index in [1.165, 1.54) is 12.1 Å². The standard InChI is InChI=1S/C11H11F4N/c12-8-3-1-7(2-4-8)10(11(13,14)15)16-9-5-6-9/h1-4,9-10,16H,5-6H2. The summed E-state index contributed by atoms with van der Waals surface area (Å²) in [5, 5.41) is 2.52. The molecule has 1 N–H and O–H groups in total. The SMILES string of the molecule is Fc1ccc(C(NC2CC2)C(F)(F)F)cc1. The van der Waals surface area contributed by atoms with Crippen molar-refractivity contribution in [3.8, 4) is 0 Å². The number of benzene rings is 1. The molecule has 1 nitrogen and oxygen atoms in total. The van der Waals surface area contributed by atoms with Gasteiger partial charge in [0, 0.05) is 6.04 Å². The van der Waals surface area contributed by atoms with E-state index in [0.717, 1.165) is 25.0 Å². The summed E-state index contributed by atoms with van der Waals surface area (Å²) in [5.74, 6) is -0.531. The molecule has 5 heteroatoms. The molecule has 0 amide bonds. The fourth-order valence-corrected chi connectivity index (χ4v) is 1.52. The normalized spacial score (nSPS) is 18.5. The van der Waals surface area contributed by atoms with Crippen LogP contribution in [0.2, 0.25) is 0 Å². The Morgan fingerprint density at radius 1 is 1.12 bits per heavy atom. The van der Waals surface area contributed by atoms with Crippen LogP contribution in [0.3, 0.4) is 0 Å². The highest BCUT2D eigenvalue weighted by molar-refractivity contribution is 5.21. The van der Waals surface area contributed by atoms with E-state index in [2.05, 4.69) is 5.32 Å². The van der Waals surface area contributed by atoms with Crippen LogP contribution in [-0.4, -0.2) is 12.2 Å². The van der Waals surface area contributed by atoms with E-state index in [-0.39, 0.29) is 11.6 Å². The Kier molecular flexibility index (Phi) is 2.88. The predicted molar refractivity (Wildman–Crippen MR) is 51.4 cm³/mol. The van der Waals surface area contributed by atoms with E-state index >= 15 is 0 Å². The van der Waals surface area contributed by atoms with Crippen LogP contribution in [0.5, 0.6) is 0 Å². The van der Waals surface area contributed by atoms with Gasteiger partial charge in [0.05, 0.1) is 0 Å². The fraction of sp³-hybridized carbons (Fsp3) is 0.455. The molecule has 88 valence electrons. The minimum Gasteiger partial charge on any atom is -0.300 e. The molecule has 1 aliphatic rings. The highest BCUT2D eigenvalue weighted by atomic mass is 19.4. The van der Waals surface area contributed by atoms with Crippen molar-refractivity contribution in [2.75, 3.05) is 0 Å². The summed E-state index contributed by atoms with van der Waals surface area (Å²) in [4.78, 5) is 0. The third kappa shape index (κ3) is 2.72.